The minimum absolute atomic E-state index is 0.104. The molecule has 6 heteroatoms. The molecule has 1 heterocycles. The summed E-state index contributed by atoms with van der Waals surface area (Å²) in [4.78, 5) is 6.01. The van der Waals surface area contributed by atoms with Crippen LogP contribution < -0.4 is 5.73 Å². The Morgan fingerprint density at radius 1 is 1.24 bits per heavy atom. The lowest BCUT2D eigenvalue weighted by Crippen LogP contribution is -2.19. The quantitative estimate of drug-likeness (QED) is 0.382. The third kappa shape index (κ3) is 4.25. The predicted octanol–water partition coefficient (Wildman–Crippen LogP) is 1.95. The first-order valence-electron chi connectivity index (χ1n) is 6.43. The second-order valence-corrected chi connectivity index (χ2v) is 4.86. The molecule has 3 N–H and O–H groups in total. The fourth-order valence-electron chi connectivity index (χ4n) is 2.11. The third-order valence-electron chi connectivity index (χ3n) is 3.02. The van der Waals surface area contributed by atoms with Crippen molar-refractivity contribution in [1.82, 2.24) is 9.88 Å². The highest BCUT2D eigenvalue weighted by molar-refractivity contribution is 5.97. The molecular formula is C15H17FN4O. The standard InChI is InChI=1S/C15H17FN4O/c1-20(9-11-2-4-18-5-3-11)10-12-6-13(15(17)19-21)8-14(16)7-12/h2-8,21H,9-10H2,1H3,(H2,17,19). The van der Waals surface area contributed by atoms with Crippen molar-refractivity contribution in [3.63, 3.8) is 0 Å². The summed E-state index contributed by atoms with van der Waals surface area (Å²) < 4.78 is 13.6. The summed E-state index contributed by atoms with van der Waals surface area (Å²) in [7, 11) is 1.94. The topological polar surface area (TPSA) is 74.7 Å². The van der Waals surface area contributed by atoms with Gasteiger partial charge in [-0.1, -0.05) is 5.16 Å². The summed E-state index contributed by atoms with van der Waals surface area (Å²) in [5.74, 6) is -0.515. The van der Waals surface area contributed by atoms with Gasteiger partial charge in [-0.25, -0.2) is 4.39 Å². The van der Waals surface area contributed by atoms with Crippen LogP contribution in [-0.4, -0.2) is 28.0 Å². The van der Waals surface area contributed by atoms with Gasteiger partial charge in [0, 0.05) is 31.0 Å². The van der Waals surface area contributed by atoms with Crippen molar-refractivity contribution in [3.8, 4) is 0 Å². The van der Waals surface area contributed by atoms with Crippen LogP contribution in [0.15, 0.2) is 47.9 Å². The summed E-state index contributed by atoms with van der Waals surface area (Å²) in [5.41, 5.74) is 7.75. The van der Waals surface area contributed by atoms with Crippen molar-refractivity contribution in [2.75, 3.05) is 7.05 Å². The maximum absolute atomic E-state index is 13.6. The molecule has 0 amide bonds. The number of oxime groups is 1. The molecule has 0 aliphatic carbocycles. The molecule has 110 valence electrons. The molecule has 0 fully saturated rings. The fraction of sp³-hybridized carbons (Fsp3) is 0.200. The number of nitrogens with two attached hydrogens (primary N) is 1. The average molecular weight is 288 g/mol. The van der Waals surface area contributed by atoms with Gasteiger partial charge in [-0.3, -0.25) is 9.88 Å². The molecule has 0 saturated carbocycles. The first kappa shape index (κ1) is 14.9. The van der Waals surface area contributed by atoms with E-state index in [4.69, 9.17) is 10.9 Å². The van der Waals surface area contributed by atoms with Crippen LogP contribution in [0.3, 0.4) is 0 Å². The number of pyridine rings is 1. The maximum Gasteiger partial charge on any atom is 0.170 e. The van der Waals surface area contributed by atoms with E-state index in [-0.39, 0.29) is 5.84 Å². The van der Waals surface area contributed by atoms with Crippen molar-refractivity contribution in [2.24, 2.45) is 10.9 Å². The van der Waals surface area contributed by atoms with Crippen LogP contribution >= 0.6 is 0 Å². The van der Waals surface area contributed by atoms with Gasteiger partial charge < -0.3 is 10.9 Å². The molecule has 5 nitrogen and oxygen atoms in total. The van der Waals surface area contributed by atoms with Crippen LogP contribution in [0.4, 0.5) is 4.39 Å². The summed E-state index contributed by atoms with van der Waals surface area (Å²) in [5, 5.41) is 11.6. The van der Waals surface area contributed by atoms with Crippen LogP contribution in [0.25, 0.3) is 0 Å². The molecule has 0 atom stereocenters. The number of amidine groups is 1. The zero-order chi connectivity index (χ0) is 15.2. The van der Waals surface area contributed by atoms with Gasteiger partial charge in [0.2, 0.25) is 0 Å². The fourth-order valence-corrected chi connectivity index (χ4v) is 2.11. The number of hydrogen-bond acceptors (Lipinski definition) is 4. The Morgan fingerprint density at radius 2 is 1.90 bits per heavy atom. The molecule has 2 aromatic rings. The van der Waals surface area contributed by atoms with Crippen LogP contribution in [-0.2, 0) is 13.1 Å². The van der Waals surface area contributed by atoms with Gasteiger partial charge in [0.05, 0.1) is 0 Å². The largest absolute Gasteiger partial charge is 0.409 e. The number of benzene rings is 1. The lowest BCUT2D eigenvalue weighted by Gasteiger charge is -2.17. The van der Waals surface area contributed by atoms with Gasteiger partial charge in [0.25, 0.3) is 0 Å². The molecule has 0 aliphatic heterocycles. The molecule has 0 aliphatic rings. The summed E-state index contributed by atoms with van der Waals surface area (Å²) in [6.07, 6.45) is 3.48. The van der Waals surface area contributed by atoms with Gasteiger partial charge in [-0.15, -0.1) is 0 Å². The highest BCUT2D eigenvalue weighted by atomic mass is 19.1. The molecule has 1 aromatic heterocycles. The van der Waals surface area contributed by atoms with E-state index in [0.29, 0.717) is 12.1 Å². The summed E-state index contributed by atoms with van der Waals surface area (Å²) in [6, 6.07) is 8.26. The Hall–Kier alpha value is -2.47. The number of halogens is 1. The highest BCUT2D eigenvalue weighted by Gasteiger charge is 2.07. The van der Waals surface area contributed by atoms with Crippen LogP contribution in [0.5, 0.6) is 0 Å². The molecular weight excluding hydrogens is 271 g/mol. The van der Waals surface area contributed by atoms with Gasteiger partial charge in [-0.05, 0) is 48.5 Å². The van der Waals surface area contributed by atoms with Crippen molar-refractivity contribution in [2.45, 2.75) is 13.1 Å². The van der Waals surface area contributed by atoms with Crippen LogP contribution in [0.1, 0.15) is 16.7 Å². The molecule has 21 heavy (non-hydrogen) atoms. The Kier molecular flexibility index (Phi) is 4.84. The van der Waals surface area contributed by atoms with Crippen molar-refractivity contribution in [3.05, 3.63) is 65.2 Å². The van der Waals surface area contributed by atoms with Gasteiger partial charge >= 0.3 is 0 Å². The molecule has 0 unspecified atom stereocenters. The number of hydrogen-bond donors (Lipinski definition) is 2. The Bertz CT molecular complexity index is 631. The first-order valence-corrected chi connectivity index (χ1v) is 6.43. The van der Waals surface area contributed by atoms with Crippen LogP contribution in [0, 0.1) is 5.82 Å². The number of rotatable bonds is 5. The molecule has 0 spiro atoms. The Balaban J connectivity index is 2.10. The normalized spacial score (nSPS) is 11.9. The SMILES string of the molecule is CN(Cc1ccncc1)Cc1cc(F)cc(/C(N)=N/O)c1. The molecule has 0 saturated heterocycles. The zero-order valence-corrected chi connectivity index (χ0v) is 11.7. The van der Waals surface area contributed by atoms with E-state index in [9.17, 15) is 4.39 Å². The molecule has 0 radical (unpaired) electrons. The Labute approximate surface area is 122 Å². The molecule has 2 rings (SSSR count). The molecule has 0 bridgehead atoms. The monoisotopic (exact) mass is 288 g/mol. The first-order chi connectivity index (χ1) is 10.1. The van der Waals surface area contributed by atoms with E-state index < -0.39 is 5.82 Å². The van der Waals surface area contributed by atoms with E-state index in [0.717, 1.165) is 17.7 Å². The maximum atomic E-state index is 13.6. The summed E-state index contributed by atoms with van der Waals surface area (Å²) in [6.45, 7) is 1.27. The average Bonchev–Trinajstić information content (AvgIpc) is 2.46. The van der Waals surface area contributed by atoms with E-state index in [1.54, 1.807) is 18.5 Å². The number of nitrogens with zero attached hydrogens (tertiary/aromatic N) is 3. The predicted molar refractivity (Wildman–Crippen MR) is 78.3 cm³/mol. The Morgan fingerprint density at radius 3 is 2.57 bits per heavy atom. The van der Waals surface area contributed by atoms with Crippen LogP contribution in [0.2, 0.25) is 0 Å². The minimum atomic E-state index is -0.411. The minimum Gasteiger partial charge on any atom is -0.409 e. The second-order valence-electron chi connectivity index (χ2n) is 4.86. The second kappa shape index (κ2) is 6.81. The molecule has 1 aromatic carbocycles. The van der Waals surface area contributed by atoms with E-state index >= 15 is 0 Å². The van der Waals surface area contributed by atoms with Crippen molar-refractivity contribution < 1.29 is 9.60 Å². The van der Waals surface area contributed by atoms with E-state index in [1.165, 1.54) is 12.1 Å². The highest BCUT2D eigenvalue weighted by Crippen LogP contribution is 2.12. The van der Waals surface area contributed by atoms with Gasteiger partial charge in [0.15, 0.2) is 5.84 Å². The third-order valence-corrected chi connectivity index (χ3v) is 3.02. The number of aromatic nitrogens is 1. The van der Waals surface area contributed by atoms with E-state index in [2.05, 4.69) is 10.1 Å². The zero-order valence-electron chi connectivity index (χ0n) is 11.7. The smallest absolute Gasteiger partial charge is 0.170 e. The van der Waals surface area contributed by atoms with Gasteiger partial charge in [-0.2, -0.15) is 0 Å². The summed E-state index contributed by atoms with van der Waals surface area (Å²) >= 11 is 0. The van der Waals surface area contributed by atoms with E-state index in [1.807, 2.05) is 24.1 Å². The van der Waals surface area contributed by atoms with Gasteiger partial charge in [0.1, 0.15) is 5.82 Å². The lowest BCUT2D eigenvalue weighted by atomic mass is 10.1. The lowest BCUT2D eigenvalue weighted by molar-refractivity contribution is 0.317. The van der Waals surface area contributed by atoms with Crippen molar-refractivity contribution >= 4 is 5.84 Å². The van der Waals surface area contributed by atoms with Crippen molar-refractivity contribution in [1.29, 1.82) is 0 Å².